The Kier molecular flexibility index (Phi) is 6.31. The quantitative estimate of drug-likeness (QED) is 0.810. The van der Waals surface area contributed by atoms with Crippen molar-refractivity contribution in [2.24, 2.45) is 5.92 Å². The van der Waals surface area contributed by atoms with Crippen LogP contribution in [-0.4, -0.2) is 30.1 Å². The summed E-state index contributed by atoms with van der Waals surface area (Å²) in [5.41, 5.74) is 0.835. The van der Waals surface area contributed by atoms with E-state index < -0.39 is 11.9 Å². The number of amides is 1. The van der Waals surface area contributed by atoms with Crippen molar-refractivity contribution in [1.82, 2.24) is 5.32 Å². The van der Waals surface area contributed by atoms with Crippen LogP contribution in [-0.2, 0) is 9.59 Å². The highest BCUT2D eigenvalue weighted by Gasteiger charge is 2.16. The van der Waals surface area contributed by atoms with Crippen LogP contribution in [0.25, 0.3) is 0 Å². The molecule has 1 aromatic rings. The van der Waals surface area contributed by atoms with Crippen LogP contribution >= 0.6 is 11.6 Å². The second kappa shape index (κ2) is 7.75. The molecule has 1 aromatic carbocycles. The predicted molar refractivity (Wildman–Crippen MR) is 76.1 cm³/mol. The third kappa shape index (κ3) is 5.09. The van der Waals surface area contributed by atoms with Crippen LogP contribution in [0, 0.1) is 12.8 Å². The van der Waals surface area contributed by atoms with Gasteiger partial charge in [0.1, 0.15) is 5.75 Å². The highest BCUT2D eigenvalue weighted by atomic mass is 35.5. The maximum atomic E-state index is 11.6. The summed E-state index contributed by atoms with van der Waals surface area (Å²) >= 11 is 5.82. The van der Waals surface area contributed by atoms with Gasteiger partial charge in [-0.05, 0) is 37.1 Å². The zero-order chi connectivity index (χ0) is 15.1. The van der Waals surface area contributed by atoms with Gasteiger partial charge in [-0.15, -0.1) is 0 Å². The summed E-state index contributed by atoms with van der Waals surface area (Å²) in [5.74, 6) is -1.26. The molecule has 6 heteroatoms. The van der Waals surface area contributed by atoms with Gasteiger partial charge in [0.25, 0.3) is 5.91 Å². The van der Waals surface area contributed by atoms with E-state index in [1.807, 2.05) is 6.92 Å². The molecule has 0 aliphatic rings. The molecule has 0 saturated carbocycles. The smallest absolute Gasteiger partial charge is 0.308 e. The van der Waals surface area contributed by atoms with Crippen molar-refractivity contribution >= 4 is 23.5 Å². The number of halogens is 1. The first-order valence-electron chi connectivity index (χ1n) is 6.32. The predicted octanol–water partition coefficient (Wildman–Crippen LogP) is 2.25. The van der Waals surface area contributed by atoms with Crippen LogP contribution in [0.4, 0.5) is 0 Å². The van der Waals surface area contributed by atoms with Gasteiger partial charge in [-0.25, -0.2) is 0 Å². The number of carbonyl (C=O) groups is 2. The minimum Gasteiger partial charge on any atom is -0.484 e. The van der Waals surface area contributed by atoms with E-state index in [4.69, 9.17) is 21.4 Å². The van der Waals surface area contributed by atoms with Crippen LogP contribution in [0.15, 0.2) is 18.2 Å². The van der Waals surface area contributed by atoms with Gasteiger partial charge in [0.2, 0.25) is 0 Å². The Morgan fingerprint density at radius 1 is 1.45 bits per heavy atom. The largest absolute Gasteiger partial charge is 0.484 e. The molecule has 0 bridgehead atoms. The Hall–Kier alpha value is -1.75. The lowest BCUT2D eigenvalue weighted by atomic mass is 10.1. The molecule has 0 heterocycles. The summed E-state index contributed by atoms with van der Waals surface area (Å²) in [5, 5.41) is 12.0. The average Bonchev–Trinajstić information content (AvgIpc) is 2.38. The molecule has 0 aromatic heterocycles. The molecule has 0 saturated heterocycles. The Morgan fingerprint density at radius 2 is 2.15 bits per heavy atom. The molecule has 1 unspecified atom stereocenters. The monoisotopic (exact) mass is 299 g/mol. The molecule has 0 aliphatic heterocycles. The van der Waals surface area contributed by atoms with E-state index in [9.17, 15) is 9.59 Å². The van der Waals surface area contributed by atoms with E-state index >= 15 is 0 Å². The first-order chi connectivity index (χ1) is 9.43. The molecule has 5 nitrogen and oxygen atoms in total. The summed E-state index contributed by atoms with van der Waals surface area (Å²) in [4.78, 5) is 22.4. The highest BCUT2D eigenvalue weighted by molar-refractivity contribution is 6.30. The molecule has 0 aliphatic carbocycles. The van der Waals surface area contributed by atoms with Crippen molar-refractivity contribution in [3.63, 3.8) is 0 Å². The molecule has 0 radical (unpaired) electrons. The van der Waals surface area contributed by atoms with Gasteiger partial charge in [-0.1, -0.05) is 18.5 Å². The summed E-state index contributed by atoms with van der Waals surface area (Å²) in [6, 6.07) is 5.11. The standard InChI is InChI=1S/C14H18ClNO4/c1-3-10(14(18)19)7-16-13(17)8-20-12-5-4-11(15)6-9(12)2/h4-6,10H,3,7-8H2,1-2H3,(H,16,17)(H,18,19). The molecular formula is C14H18ClNO4. The summed E-state index contributed by atoms with van der Waals surface area (Å²) in [6.45, 7) is 3.54. The molecule has 1 amide bonds. The van der Waals surface area contributed by atoms with Gasteiger partial charge in [-0.3, -0.25) is 9.59 Å². The van der Waals surface area contributed by atoms with Crippen molar-refractivity contribution in [2.75, 3.05) is 13.2 Å². The number of carboxylic acids is 1. The lowest BCUT2D eigenvalue weighted by Gasteiger charge is -2.12. The molecule has 0 spiro atoms. The fourth-order valence-corrected chi connectivity index (χ4v) is 1.84. The van der Waals surface area contributed by atoms with Gasteiger partial charge >= 0.3 is 5.97 Å². The highest BCUT2D eigenvalue weighted by Crippen LogP contribution is 2.21. The number of nitrogens with one attached hydrogen (secondary N) is 1. The second-order valence-electron chi connectivity index (χ2n) is 4.45. The van der Waals surface area contributed by atoms with Crippen LogP contribution in [0.3, 0.4) is 0 Å². The lowest BCUT2D eigenvalue weighted by Crippen LogP contribution is -2.35. The van der Waals surface area contributed by atoms with Crippen molar-refractivity contribution in [3.05, 3.63) is 28.8 Å². The van der Waals surface area contributed by atoms with E-state index in [2.05, 4.69) is 5.32 Å². The van der Waals surface area contributed by atoms with Crippen molar-refractivity contribution in [3.8, 4) is 5.75 Å². The Morgan fingerprint density at radius 3 is 2.70 bits per heavy atom. The van der Waals surface area contributed by atoms with Gasteiger partial charge in [0, 0.05) is 11.6 Å². The minimum absolute atomic E-state index is 0.105. The summed E-state index contributed by atoms with van der Waals surface area (Å²) in [6.07, 6.45) is 0.465. The number of rotatable bonds is 7. The lowest BCUT2D eigenvalue weighted by molar-refractivity contribution is -0.141. The third-order valence-corrected chi connectivity index (χ3v) is 3.12. The molecule has 110 valence electrons. The molecule has 2 N–H and O–H groups in total. The van der Waals surface area contributed by atoms with E-state index in [0.717, 1.165) is 5.56 Å². The summed E-state index contributed by atoms with van der Waals surface area (Å²) in [7, 11) is 0. The summed E-state index contributed by atoms with van der Waals surface area (Å²) < 4.78 is 5.36. The Balaban J connectivity index is 2.41. The Labute approximate surface area is 122 Å². The molecule has 20 heavy (non-hydrogen) atoms. The normalized spacial score (nSPS) is 11.8. The first kappa shape index (κ1) is 16.3. The number of hydrogen-bond acceptors (Lipinski definition) is 3. The van der Waals surface area contributed by atoms with E-state index in [1.165, 1.54) is 0 Å². The maximum Gasteiger partial charge on any atom is 0.308 e. The average molecular weight is 300 g/mol. The molecule has 1 atom stereocenters. The molecule has 1 rings (SSSR count). The third-order valence-electron chi connectivity index (χ3n) is 2.88. The number of hydrogen-bond donors (Lipinski definition) is 2. The number of carboxylic acid groups (broad SMARTS) is 1. The van der Waals surface area contributed by atoms with Crippen molar-refractivity contribution < 1.29 is 19.4 Å². The zero-order valence-electron chi connectivity index (χ0n) is 11.5. The van der Waals surface area contributed by atoms with Gasteiger partial charge in [0.15, 0.2) is 6.61 Å². The Bertz CT molecular complexity index is 490. The maximum absolute atomic E-state index is 11.6. The minimum atomic E-state index is -0.915. The van der Waals surface area contributed by atoms with Crippen LogP contribution in [0.1, 0.15) is 18.9 Å². The van der Waals surface area contributed by atoms with Crippen LogP contribution in [0.5, 0.6) is 5.75 Å². The second-order valence-corrected chi connectivity index (χ2v) is 4.88. The number of aryl methyl sites for hydroxylation is 1. The fourth-order valence-electron chi connectivity index (χ4n) is 1.61. The topological polar surface area (TPSA) is 75.6 Å². The van der Waals surface area contributed by atoms with E-state index in [0.29, 0.717) is 17.2 Å². The van der Waals surface area contributed by atoms with Gasteiger partial charge < -0.3 is 15.2 Å². The van der Waals surface area contributed by atoms with Gasteiger partial charge in [-0.2, -0.15) is 0 Å². The van der Waals surface area contributed by atoms with Crippen molar-refractivity contribution in [1.29, 1.82) is 0 Å². The zero-order valence-corrected chi connectivity index (χ0v) is 12.2. The van der Waals surface area contributed by atoms with Gasteiger partial charge in [0.05, 0.1) is 5.92 Å². The molecular weight excluding hydrogens is 282 g/mol. The number of ether oxygens (including phenoxy) is 1. The number of benzene rings is 1. The van der Waals surface area contributed by atoms with Crippen LogP contribution < -0.4 is 10.1 Å². The first-order valence-corrected chi connectivity index (χ1v) is 6.70. The van der Waals surface area contributed by atoms with E-state index in [1.54, 1.807) is 25.1 Å². The fraction of sp³-hybridized carbons (Fsp3) is 0.429. The SMILES string of the molecule is CCC(CNC(=O)COc1ccc(Cl)cc1C)C(=O)O. The number of carbonyl (C=O) groups excluding carboxylic acids is 1. The van der Waals surface area contributed by atoms with Crippen LogP contribution in [0.2, 0.25) is 5.02 Å². The van der Waals surface area contributed by atoms with E-state index in [-0.39, 0.29) is 19.1 Å². The molecule has 0 fully saturated rings. The number of aliphatic carboxylic acids is 1. The van der Waals surface area contributed by atoms with Crippen molar-refractivity contribution in [2.45, 2.75) is 20.3 Å².